The molecule has 9 heteroatoms. The van der Waals surface area contributed by atoms with E-state index in [9.17, 15) is 9.59 Å². The molecule has 2 rings (SSSR count). The Bertz CT molecular complexity index is 528. The van der Waals surface area contributed by atoms with Crippen LogP contribution in [0.4, 0.5) is 11.5 Å². The first-order valence-electron chi connectivity index (χ1n) is 7.13. The number of rotatable bonds is 6. The Hall–Kier alpha value is -1.51. The number of piperazine rings is 1. The Morgan fingerprint density at radius 2 is 2.35 bits per heavy atom. The van der Waals surface area contributed by atoms with Gasteiger partial charge in [-0.2, -0.15) is 11.8 Å². The molecule has 1 atom stereocenters. The van der Waals surface area contributed by atoms with Crippen molar-refractivity contribution in [3.63, 3.8) is 0 Å². The lowest BCUT2D eigenvalue weighted by atomic mass is 10.2. The number of thioether (sulfide) groups is 1. The lowest BCUT2D eigenvalue weighted by Gasteiger charge is -2.27. The summed E-state index contributed by atoms with van der Waals surface area (Å²) >= 11 is 1.66. The standard InChI is InChI=1S/C14H21N5O2S.ClH/c1-22-7-4-11(15)14(21)18-10-2-3-12(17-8-10)19-6-5-16-13(20)9-19;/h2-3,8,11H,4-7,9,15H2,1H3,(H,16,20)(H,18,21);1H/t11-;/m0./s1. The van der Waals surface area contributed by atoms with Gasteiger partial charge in [-0.3, -0.25) is 9.59 Å². The van der Waals surface area contributed by atoms with Gasteiger partial charge in [0.15, 0.2) is 0 Å². The van der Waals surface area contributed by atoms with Crippen molar-refractivity contribution >= 4 is 47.5 Å². The van der Waals surface area contributed by atoms with Crippen molar-refractivity contribution in [1.29, 1.82) is 0 Å². The quantitative estimate of drug-likeness (QED) is 0.682. The SMILES string of the molecule is CSCC[C@H](N)C(=O)Nc1ccc(N2CCNC(=O)C2)nc1.Cl. The molecule has 1 saturated heterocycles. The van der Waals surface area contributed by atoms with E-state index in [0.29, 0.717) is 25.2 Å². The number of hydrogen-bond donors (Lipinski definition) is 3. The van der Waals surface area contributed by atoms with E-state index < -0.39 is 6.04 Å². The highest BCUT2D eigenvalue weighted by Gasteiger charge is 2.18. The Labute approximate surface area is 146 Å². The van der Waals surface area contributed by atoms with Crippen molar-refractivity contribution in [1.82, 2.24) is 10.3 Å². The minimum absolute atomic E-state index is 0. The molecule has 0 aromatic carbocycles. The van der Waals surface area contributed by atoms with Crippen molar-refractivity contribution < 1.29 is 9.59 Å². The van der Waals surface area contributed by atoms with Gasteiger partial charge in [-0.1, -0.05) is 0 Å². The summed E-state index contributed by atoms with van der Waals surface area (Å²) in [5.74, 6) is 1.36. The van der Waals surface area contributed by atoms with Crippen molar-refractivity contribution in [2.24, 2.45) is 5.73 Å². The second-order valence-corrected chi connectivity index (χ2v) is 6.04. The van der Waals surface area contributed by atoms with Gasteiger partial charge in [-0.05, 0) is 30.6 Å². The molecule has 2 heterocycles. The molecule has 0 radical (unpaired) electrons. The maximum absolute atomic E-state index is 11.9. The van der Waals surface area contributed by atoms with Crippen LogP contribution in [-0.4, -0.2) is 54.5 Å². The zero-order valence-electron chi connectivity index (χ0n) is 12.9. The van der Waals surface area contributed by atoms with Gasteiger partial charge in [0.2, 0.25) is 11.8 Å². The maximum atomic E-state index is 11.9. The Balaban J connectivity index is 0.00000264. The van der Waals surface area contributed by atoms with Crippen molar-refractivity contribution in [2.45, 2.75) is 12.5 Å². The summed E-state index contributed by atoms with van der Waals surface area (Å²) < 4.78 is 0. The van der Waals surface area contributed by atoms with E-state index in [2.05, 4.69) is 15.6 Å². The fourth-order valence-electron chi connectivity index (χ4n) is 2.09. The molecule has 0 unspecified atom stereocenters. The van der Waals surface area contributed by atoms with E-state index in [1.807, 2.05) is 11.2 Å². The van der Waals surface area contributed by atoms with Gasteiger partial charge in [-0.15, -0.1) is 12.4 Å². The van der Waals surface area contributed by atoms with Crippen LogP contribution in [0.15, 0.2) is 18.3 Å². The molecule has 23 heavy (non-hydrogen) atoms. The summed E-state index contributed by atoms with van der Waals surface area (Å²) in [6.45, 7) is 1.64. The lowest BCUT2D eigenvalue weighted by Crippen LogP contribution is -2.48. The number of nitrogens with one attached hydrogen (secondary N) is 2. The number of pyridine rings is 1. The highest BCUT2D eigenvalue weighted by atomic mass is 35.5. The third-order valence-corrected chi connectivity index (χ3v) is 3.99. The molecule has 1 aromatic heterocycles. The van der Waals surface area contributed by atoms with Crippen molar-refractivity contribution in [3.05, 3.63) is 18.3 Å². The average Bonchev–Trinajstić information content (AvgIpc) is 2.53. The van der Waals surface area contributed by atoms with E-state index in [1.165, 1.54) is 0 Å². The normalized spacial score (nSPS) is 15.4. The molecule has 0 saturated carbocycles. The topological polar surface area (TPSA) is 100 Å². The van der Waals surface area contributed by atoms with Gasteiger partial charge in [0, 0.05) is 13.1 Å². The first-order valence-corrected chi connectivity index (χ1v) is 8.52. The van der Waals surface area contributed by atoms with Crippen LogP contribution in [0.25, 0.3) is 0 Å². The molecule has 0 spiro atoms. The smallest absolute Gasteiger partial charge is 0.241 e. The largest absolute Gasteiger partial charge is 0.353 e. The molecular formula is C14H22ClN5O2S. The molecular weight excluding hydrogens is 338 g/mol. The van der Waals surface area contributed by atoms with Crippen LogP contribution in [0.3, 0.4) is 0 Å². The Morgan fingerprint density at radius 3 is 2.96 bits per heavy atom. The van der Waals surface area contributed by atoms with Crippen LogP contribution >= 0.6 is 24.2 Å². The van der Waals surface area contributed by atoms with E-state index in [-0.39, 0.29) is 24.2 Å². The number of aromatic nitrogens is 1. The lowest BCUT2D eigenvalue weighted by molar-refractivity contribution is -0.120. The molecule has 1 aromatic rings. The molecule has 128 valence electrons. The predicted molar refractivity (Wildman–Crippen MR) is 96.3 cm³/mol. The maximum Gasteiger partial charge on any atom is 0.241 e. The number of amides is 2. The average molecular weight is 360 g/mol. The summed E-state index contributed by atoms with van der Waals surface area (Å²) in [6, 6.07) is 3.05. The number of carbonyl (C=O) groups is 2. The highest BCUT2D eigenvalue weighted by molar-refractivity contribution is 7.98. The highest BCUT2D eigenvalue weighted by Crippen LogP contribution is 2.15. The monoisotopic (exact) mass is 359 g/mol. The van der Waals surface area contributed by atoms with Gasteiger partial charge in [0.05, 0.1) is 24.5 Å². The van der Waals surface area contributed by atoms with Crippen LogP contribution in [0, 0.1) is 0 Å². The number of halogens is 1. The second kappa shape index (κ2) is 9.59. The summed E-state index contributed by atoms with van der Waals surface area (Å²) in [5, 5.41) is 5.52. The minimum atomic E-state index is -0.516. The molecule has 7 nitrogen and oxygen atoms in total. The molecule has 4 N–H and O–H groups in total. The van der Waals surface area contributed by atoms with E-state index in [1.54, 1.807) is 30.1 Å². The van der Waals surface area contributed by atoms with Crippen LogP contribution in [0.2, 0.25) is 0 Å². The number of anilines is 2. The van der Waals surface area contributed by atoms with Crippen LogP contribution in [0.5, 0.6) is 0 Å². The predicted octanol–water partition coefficient (Wildman–Crippen LogP) is 0.459. The molecule has 2 amide bonds. The van der Waals surface area contributed by atoms with Gasteiger partial charge in [-0.25, -0.2) is 4.98 Å². The fourth-order valence-corrected chi connectivity index (χ4v) is 2.58. The van der Waals surface area contributed by atoms with Crippen molar-refractivity contribution in [3.8, 4) is 0 Å². The van der Waals surface area contributed by atoms with Crippen LogP contribution in [-0.2, 0) is 9.59 Å². The number of hydrogen-bond acceptors (Lipinski definition) is 6. The minimum Gasteiger partial charge on any atom is -0.353 e. The summed E-state index contributed by atoms with van der Waals surface area (Å²) in [5.41, 5.74) is 6.42. The van der Waals surface area contributed by atoms with E-state index in [0.717, 1.165) is 18.1 Å². The summed E-state index contributed by atoms with van der Waals surface area (Å²) in [6.07, 6.45) is 4.20. The summed E-state index contributed by atoms with van der Waals surface area (Å²) in [4.78, 5) is 29.5. The van der Waals surface area contributed by atoms with Crippen LogP contribution < -0.4 is 21.3 Å². The molecule has 1 aliphatic heterocycles. The third-order valence-electron chi connectivity index (χ3n) is 3.35. The first-order chi connectivity index (χ1) is 10.6. The van der Waals surface area contributed by atoms with Gasteiger partial charge < -0.3 is 21.3 Å². The first kappa shape index (κ1) is 19.5. The fraction of sp³-hybridized carbons (Fsp3) is 0.500. The zero-order valence-corrected chi connectivity index (χ0v) is 14.6. The molecule has 1 fully saturated rings. The van der Waals surface area contributed by atoms with E-state index in [4.69, 9.17) is 5.73 Å². The molecule has 1 aliphatic rings. The number of nitrogens with two attached hydrogens (primary N) is 1. The summed E-state index contributed by atoms with van der Waals surface area (Å²) in [7, 11) is 0. The number of nitrogens with zero attached hydrogens (tertiary/aromatic N) is 2. The molecule has 0 aliphatic carbocycles. The Morgan fingerprint density at radius 1 is 1.57 bits per heavy atom. The molecule has 0 bridgehead atoms. The van der Waals surface area contributed by atoms with E-state index >= 15 is 0 Å². The third kappa shape index (κ3) is 5.89. The van der Waals surface area contributed by atoms with Crippen molar-refractivity contribution in [2.75, 3.05) is 41.9 Å². The van der Waals surface area contributed by atoms with Gasteiger partial charge >= 0.3 is 0 Å². The zero-order chi connectivity index (χ0) is 15.9. The van der Waals surface area contributed by atoms with Gasteiger partial charge in [0.25, 0.3) is 0 Å². The number of carbonyl (C=O) groups excluding carboxylic acids is 2. The van der Waals surface area contributed by atoms with Crippen LogP contribution in [0.1, 0.15) is 6.42 Å². The van der Waals surface area contributed by atoms with Gasteiger partial charge in [0.1, 0.15) is 5.82 Å². The Kier molecular flexibility index (Phi) is 8.15. The second-order valence-electron chi connectivity index (χ2n) is 5.05.